The van der Waals surface area contributed by atoms with Crippen molar-refractivity contribution in [3.63, 3.8) is 0 Å². The highest BCUT2D eigenvalue weighted by atomic mass is 16.6. The van der Waals surface area contributed by atoms with Gasteiger partial charge in [-0.1, -0.05) is 12.1 Å². The molecule has 1 aromatic carbocycles. The molecule has 0 aliphatic heterocycles. The van der Waals surface area contributed by atoms with E-state index in [1.54, 1.807) is 39.8 Å². The maximum atomic E-state index is 11.8. The van der Waals surface area contributed by atoms with Gasteiger partial charge in [-0.15, -0.1) is 0 Å². The number of carbonyl (C=O) groups excluding carboxylic acids is 1. The Bertz CT molecular complexity index is 552. The summed E-state index contributed by atoms with van der Waals surface area (Å²) in [6.45, 7) is 7.23. The average molecular weight is 309 g/mol. The molecule has 122 valence electrons. The minimum Gasteiger partial charge on any atom is -0.444 e. The van der Waals surface area contributed by atoms with Crippen molar-refractivity contribution in [3.8, 4) is 0 Å². The van der Waals surface area contributed by atoms with Crippen molar-refractivity contribution in [1.29, 1.82) is 0 Å². The number of rotatable bonds is 5. The summed E-state index contributed by atoms with van der Waals surface area (Å²) < 4.78 is 5.18. The summed E-state index contributed by atoms with van der Waals surface area (Å²) in [5.74, 6) is 0. The molecule has 1 aromatic rings. The van der Waals surface area contributed by atoms with Gasteiger partial charge in [-0.3, -0.25) is 10.1 Å². The number of nitrogens with one attached hydrogen (secondary N) is 1. The molecule has 0 heterocycles. The summed E-state index contributed by atoms with van der Waals surface area (Å²) in [4.78, 5) is 22.5. The molecule has 1 atom stereocenters. The Morgan fingerprint density at radius 1 is 1.45 bits per heavy atom. The number of hydrogen-bond donors (Lipinski definition) is 2. The van der Waals surface area contributed by atoms with Gasteiger partial charge in [0.25, 0.3) is 5.69 Å². The van der Waals surface area contributed by atoms with Crippen molar-refractivity contribution in [2.75, 3.05) is 6.54 Å². The predicted octanol–water partition coefficient (Wildman–Crippen LogP) is 2.30. The van der Waals surface area contributed by atoms with Gasteiger partial charge in [-0.2, -0.15) is 0 Å². The quantitative estimate of drug-likeness (QED) is 0.641. The lowest BCUT2D eigenvalue weighted by atomic mass is 9.99. The van der Waals surface area contributed by atoms with Crippen LogP contribution in [0.25, 0.3) is 0 Å². The second-order valence-electron chi connectivity index (χ2n) is 6.11. The van der Waals surface area contributed by atoms with E-state index in [1.807, 2.05) is 0 Å². The lowest BCUT2D eigenvalue weighted by molar-refractivity contribution is -0.385. The van der Waals surface area contributed by atoms with E-state index in [2.05, 4.69) is 5.32 Å². The zero-order chi connectivity index (χ0) is 16.9. The summed E-state index contributed by atoms with van der Waals surface area (Å²) in [7, 11) is 0. The molecule has 1 amide bonds. The minimum absolute atomic E-state index is 0.0319. The molecule has 0 radical (unpaired) electrons. The highest BCUT2D eigenvalue weighted by Crippen LogP contribution is 2.23. The van der Waals surface area contributed by atoms with E-state index in [0.29, 0.717) is 5.56 Å². The number of amides is 1. The Morgan fingerprint density at radius 2 is 2.09 bits per heavy atom. The highest BCUT2D eigenvalue weighted by molar-refractivity contribution is 5.68. The summed E-state index contributed by atoms with van der Waals surface area (Å²) >= 11 is 0. The molecule has 0 spiro atoms. The van der Waals surface area contributed by atoms with Gasteiger partial charge in [-0.25, -0.2) is 4.79 Å². The first kappa shape index (κ1) is 17.9. The van der Waals surface area contributed by atoms with Crippen molar-refractivity contribution >= 4 is 11.8 Å². The van der Waals surface area contributed by atoms with Crippen molar-refractivity contribution in [1.82, 2.24) is 5.32 Å². The van der Waals surface area contributed by atoms with Gasteiger partial charge >= 0.3 is 6.09 Å². The van der Waals surface area contributed by atoms with Gasteiger partial charge in [0, 0.05) is 30.6 Å². The Kier molecular flexibility index (Phi) is 5.87. The smallest absolute Gasteiger partial charge is 0.407 e. The number of nitrogens with zero attached hydrogens (tertiary/aromatic N) is 1. The second-order valence-corrected chi connectivity index (χ2v) is 6.11. The molecule has 0 aliphatic rings. The van der Waals surface area contributed by atoms with Crippen LogP contribution in [0.3, 0.4) is 0 Å². The van der Waals surface area contributed by atoms with E-state index in [4.69, 9.17) is 10.5 Å². The van der Waals surface area contributed by atoms with Gasteiger partial charge in [0.2, 0.25) is 0 Å². The number of alkyl carbamates (subject to hydrolysis) is 1. The lowest BCUT2D eigenvalue weighted by Crippen LogP contribution is -2.44. The maximum absolute atomic E-state index is 11.8. The van der Waals surface area contributed by atoms with Crippen LogP contribution in [0.15, 0.2) is 18.2 Å². The normalized spacial score (nSPS) is 12.6. The number of carbonyl (C=O) groups is 1. The number of benzene rings is 1. The molecule has 3 N–H and O–H groups in total. The van der Waals surface area contributed by atoms with Gasteiger partial charge in [0.05, 0.1) is 4.92 Å². The largest absolute Gasteiger partial charge is 0.444 e. The Labute approximate surface area is 130 Å². The van der Waals surface area contributed by atoms with E-state index >= 15 is 0 Å². The third-order valence-corrected chi connectivity index (χ3v) is 3.04. The summed E-state index contributed by atoms with van der Waals surface area (Å²) in [6, 6.07) is 4.44. The Balaban J connectivity index is 2.87. The first-order valence-electron chi connectivity index (χ1n) is 7.06. The van der Waals surface area contributed by atoms with Crippen LogP contribution in [-0.4, -0.2) is 29.2 Å². The predicted molar refractivity (Wildman–Crippen MR) is 83.7 cm³/mol. The van der Waals surface area contributed by atoms with E-state index in [1.165, 1.54) is 6.07 Å². The van der Waals surface area contributed by atoms with Crippen LogP contribution in [0.5, 0.6) is 0 Å². The lowest BCUT2D eigenvalue weighted by Gasteiger charge is -2.23. The van der Waals surface area contributed by atoms with Crippen LogP contribution < -0.4 is 11.1 Å². The van der Waals surface area contributed by atoms with Gasteiger partial charge in [0.15, 0.2) is 0 Å². The molecule has 0 aliphatic carbocycles. The van der Waals surface area contributed by atoms with Crippen LogP contribution in [0.2, 0.25) is 0 Å². The molecule has 1 unspecified atom stereocenters. The fourth-order valence-electron chi connectivity index (χ4n) is 2.04. The van der Waals surface area contributed by atoms with Crippen LogP contribution in [0.4, 0.5) is 10.5 Å². The van der Waals surface area contributed by atoms with Crippen molar-refractivity contribution in [2.24, 2.45) is 5.73 Å². The second kappa shape index (κ2) is 7.22. The van der Waals surface area contributed by atoms with E-state index in [0.717, 1.165) is 5.56 Å². The van der Waals surface area contributed by atoms with E-state index in [-0.39, 0.29) is 18.7 Å². The molecule has 0 bridgehead atoms. The summed E-state index contributed by atoms with van der Waals surface area (Å²) in [5, 5.41) is 13.8. The highest BCUT2D eigenvalue weighted by Gasteiger charge is 2.22. The zero-order valence-electron chi connectivity index (χ0n) is 13.4. The molecular formula is C15H23N3O4. The summed E-state index contributed by atoms with van der Waals surface area (Å²) in [6.07, 6.45) is -0.308. The van der Waals surface area contributed by atoms with Gasteiger partial charge in [-0.05, 0) is 33.3 Å². The SMILES string of the molecule is Cc1cccc([N+](=O)[O-])c1CC(CN)NC(=O)OC(C)(C)C. The zero-order valence-corrected chi connectivity index (χ0v) is 13.4. The van der Waals surface area contributed by atoms with Crippen LogP contribution in [-0.2, 0) is 11.2 Å². The third kappa shape index (κ3) is 5.33. The number of hydrogen-bond acceptors (Lipinski definition) is 5. The van der Waals surface area contributed by atoms with Crippen molar-refractivity contribution < 1.29 is 14.5 Å². The molecule has 0 saturated heterocycles. The number of ether oxygens (including phenoxy) is 1. The minimum atomic E-state index is -0.613. The average Bonchev–Trinajstić information content (AvgIpc) is 2.37. The van der Waals surface area contributed by atoms with E-state index in [9.17, 15) is 14.9 Å². The standard InChI is InChI=1S/C15H23N3O4/c1-10-6-5-7-13(18(20)21)12(10)8-11(9-16)17-14(19)22-15(2,3)4/h5-7,11H,8-9,16H2,1-4H3,(H,17,19). The molecule has 7 heteroatoms. The van der Waals surface area contributed by atoms with Crippen molar-refractivity contribution in [3.05, 3.63) is 39.4 Å². The Hall–Kier alpha value is -2.15. The van der Waals surface area contributed by atoms with Crippen molar-refractivity contribution in [2.45, 2.75) is 45.8 Å². The maximum Gasteiger partial charge on any atom is 0.407 e. The molecule has 1 rings (SSSR count). The first-order chi connectivity index (χ1) is 10.1. The third-order valence-electron chi connectivity index (χ3n) is 3.04. The molecule has 22 heavy (non-hydrogen) atoms. The number of nitro groups is 1. The molecule has 0 saturated carbocycles. The molecular weight excluding hydrogens is 286 g/mol. The van der Waals surface area contributed by atoms with E-state index < -0.39 is 22.7 Å². The molecule has 0 fully saturated rings. The van der Waals surface area contributed by atoms with Gasteiger partial charge < -0.3 is 15.8 Å². The number of aryl methyl sites for hydroxylation is 1. The Morgan fingerprint density at radius 3 is 2.59 bits per heavy atom. The number of nitro benzene ring substituents is 1. The molecule has 7 nitrogen and oxygen atoms in total. The summed E-state index contributed by atoms with van der Waals surface area (Å²) in [5.41, 5.74) is 6.45. The monoisotopic (exact) mass is 309 g/mol. The first-order valence-corrected chi connectivity index (χ1v) is 7.06. The molecule has 0 aromatic heterocycles. The van der Waals surface area contributed by atoms with Crippen LogP contribution in [0.1, 0.15) is 31.9 Å². The van der Waals surface area contributed by atoms with Crippen LogP contribution >= 0.6 is 0 Å². The topological polar surface area (TPSA) is 107 Å². The van der Waals surface area contributed by atoms with Crippen LogP contribution in [0, 0.1) is 17.0 Å². The number of nitrogens with two attached hydrogens (primary N) is 1. The fraction of sp³-hybridized carbons (Fsp3) is 0.533. The fourth-order valence-corrected chi connectivity index (χ4v) is 2.04. The van der Waals surface area contributed by atoms with Gasteiger partial charge in [0.1, 0.15) is 5.60 Å².